The van der Waals surface area contributed by atoms with Crippen LogP contribution in [0.25, 0.3) is 0 Å². The first-order valence-electron chi connectivity index (χ1n) is 7.53. The predicted octanol–water partition coefficient (Wildman–Crippen LogP) is 2.67. The molecule has 6 heteroatoms. The van der Waals surface area contributed by atoms with Crippen LogP contribution in [-0.4, -0.2) is 28.4 Å². The average molecular weight is 327 g/mol. The van der Waals surface area contributed by atoms with Crippen molar-refractivity contribution in [2.24, 2.45) is 5.10 Å². The molecule has 6 nitrogen and oxygen atoms in total. The van der Waals surface area contributed by atoms with Crippen molar-refractivity contribution >= 4 is 17.3 Å². The number of amides is 1. The van der Waals surface area contributed by atoms with Crippen LogP contribution in [0.4, 0.5) is 5.69 Å². The van der Waals surface area contributed by atoms with Gasteiger partial charge in [-0.3, -0.25) is 4.79 Å². The van der Waals surface area contributed by atoms with Crippen molar-refractivity contribution in [2.75, 3.05) is 11.9 Å². The molecule has 0 aromatic heterocycles. The number of benzene rings is 2. The van der Waals surface area contributed by atoms with Crippen LogP contribution in [0.15, 0.2) is 41.5 Å². The summed E-state index contributed by atoms with van der Waals surface area (Å²) in [5.74, 6) is -0.433. The highest BCUT2D eigenvalue weighted by atomic mass is 16.3. The smallest absolute Gasteiger partial charge is 0.259 e. The van der Waals surface area contributed by atoms with E-state index in [9.17, 15) is 15.0 Å². The van der Waals surface area contributed by atoms with Crippen molar-refractivity contribution in [3.63, 3.8) is 0 Å². The third-order valence-electron chi connectivity index (χ3n) is 3.54. The summed E-state index contributed by atoms with van der Waals surface area (Å²) in [6, 6.07) is 10.1. The lowest BCUT2D eigenvalue weighted by molar-refractivity contribution is -0.119. The summed E-state index contributed by atoms with van der Waals surface area (Å²) in [6.07, 6.45) is 0. The first-order valence-corrected chi connectivity index (χ1v) is 7.53. The van der Waals surface area contributed by atoms with E-state index in [0.29, 0.717) is 11.3 Å². The fraction of sp³-hybridized carbons (Fsp3) is 0.222. The maximum atomic E-state index is 11.9. The molecule has 2 rings (SSSR count). The molecule has 2 aromatic carbocycles. The normalized spacial score (nSPS) is 11.2. The minimum Gasteiger partial charge on any atom is -0.508 e. The van der Waals surface area contributed by atoms with Gasteiger partial charge < -0.3 is 15.5 Å². The van der Waals surface area contributed by atoms with Gasteiger partial charge in [-0.2, -0.15) is 5.10 Å². The van der Waals surface area contributed by atoms with E-state index in [1.807, 2.05) is 32.0 Å². The second-order valence-electron chi connectivity index (χ2n) is 5.61. The lowest BCUT2D eigenvalue weighted by atomic mass is 10.1. The van der Waals surface area contributed by atoms with E-state index in [1.54, 1.807) is 6.92 Å². The Morgan fingerprint density at radius 3 is 2.54 bits per heavy atom. The standard InChI is InChI=1S/C18H21N3O3/c1-11-4-7-16(12(2)8-11)19-10-18(24)21-20-13(3)15-6-5-14(22)9-17(15)23/h4-9,19,22-23H,10H2,1-3H3,(H,21,24)/b20-13-. The summed E-state index contributed by atoms with van der Waals surface area (Å²) in [6.45, 7) is 5.73. The van der Waals surface area contributed by atoms with Crippen molar-refractivity contribution in [1.82, 2.24) is 5.43 Å². The monoisotopic (exact) mass is 327 g/mol. The van der Waals surface area contributed by atoms with Gasteiger partial charge >= 0.3 is 0 Å². The Hall–Kier alpha value is -3.02. The Kier molecular flexibility index (Phi) is 5.42. The zero-order valence-corrected chi connectivity index (χ0v) is 13.9. The lowest BCUT2D eigenvalue weighted by Crippen LogP contribution is -2.27. The molecule has 2 aromatic rings. The number of aromatic hydroxyl groups is 2. The molecule has 0 atom stereocenters. The Bertz CT molecular complexity index is 785. The lowest BCUT2D eigenvalue weighted by Gasteiger charge is -2.10. The van der Waals surface area contributed by atoms with E-state index in [0.717, 1.165) is 16.8 Å². The average Bonchev–Trinajstić information content (AvgIpc) is 2.51. The van der Waals surface area contributed by atoms with Crippen LogP contribution >= 0.6 is 0 Å². The van der Waals surface area contributed by atoms with Gasteiger partial charge in [0.05, 0.1) is 12.3 Å². The molecule has 0 bridgehead atoms. The summed E-state index contributed by atoms with van der Waals surface area (Å²) in [5.41, 5.74) is 6.44. The summed E-state index contributed by atoms with van der Waals surface area (Å²) >= 11 is 0. The van der Waals surface area contributed by atoms with Gasteiger partial charge in [0.25, 0.3) is 5.91 Å². The van der Waals surface area contributed by atoms with E-state index in [1.165, 1.54) is 18.2 Å². The van der Waals surface area contributed by atoms with Gasteiger partial charge in [-0.1, -0.05) is 17.7 Å². The van der Waals surface area contributed by atoms with Crippen molar-refractivity contribution in [3.05, 3.63) is 53.1 Å². The number of carbonyl (C=O) groups is 1. The predicted molar refractivity (Wildman–Crippen MR) is 94.5 cm³/mol. The number of rotatable bonds is 5. The van der Waals surface area contributed by atoms with Crippen LogP contribution < -0.4 is 10.7 Å². The first-order chi connectivity index (χ1) is 11.4. The molecule has 0 saturated heterocycles. The van der Waals surface area contributed by atoms with Crippen LogP contribution in [0.3, 0.4) is 0 Å². The topological polar surface area (TPSA) is 94.0 Å². The number of anilines is 1. The molecule has 0 heterocycles. The Labute approximate surface area is 140 Å². The molecular formula is C18H21N3O3. The molecule has 0 radical (unpaired) electrons. The van der Waals surface area contributed by atoms with Gasteiger partial charge in [0.15, 0.2) is 0 Å². The van der Waals surface area contributed by atoms with Crippen LogP contribution in [0.2, 0.25) is 0 Å². The molecule has 0 aliphatic carbocycles. The van der Waals surface area contributed by atoms with E-state index >= 15 is 0 Å². The molecule has 4 N–H and O–H groups in total. The maximum Gasteiger partial charge on any atom is 0.259 e. The van der Waals surface area contributed by atoms with Crippen molar-refractivity contribution < 1.29 is 15.0 Å². The number of carbonyl (C=O) groups excluding carboxylic acids is 1. The highest BCUT2D eigenvalue weighted by Crippen LogP contribution is 2.23. The fourth-order valence-electron chi connectivity index (χ4n) is 2.26. The molecule has 0 fully saturated rings. The quantitative estimate of drug-likeness (QED) is 0.502. The molecular weight excluding hydrogens is 306 g/mol. The number of hydrogen-bond donors (Lipinski definition) is 4. The first kappa shape index (κ1) is 17.3. The minimum atomic E-state index is -0.299. The summed E-state index contributed by atoms with van der Waals surface area (Å²) in [7, 11) is 0. The molecule has 126 valence electrons. The summed E-state index contributed by atoms with van der Waals surface area (Å²) in [5, 5.41) is 26.1. The summed E-state index contributed by atoms with van der Waals surface area (Å²) in [4.78, 5) is 11.9. The highest BCUT2D eigenvalue weighted by molar-refractivity contribution is 6.01. The van der Waals surface area contributed by atoms with Gasteiger partial charge in [-0.15, -0.1) is 0 Å². The fourth-order valence-corrected chi connectivity index (χ4v) is 2.26. The third kappa shape index (κ3) is 4.49. The SMILES string of the molecule is C/C(=N/NC(=O)CNc1ccc(C)cc1C)c1ccc(O)cc1O. The number of hydrazone groups is 1. The Morgan fingerprint density at radius 2 is 1.88 bits per heavy atom. The third-order valence-corrected chi connectivity index (χ3v) is 3.54. The molecule has 0 saturated carbocycles. The van der Waals surface area contributed by atoms with E-state index in [-0.39, 0.29) is 24.0 Å². The zero-order chi connectivity index (χ0) is 17.7. The van der Waals surface area contributed by atoms with Crippen LogP contribution in [-0.2, 0) is 4.79 Å². The second kappa shape index (κ2) is 7.50. The molecule has 0 aliphatic rings. The van der Waals surface area contributed by atoms with Gasteiger partial charge in [0.1, 0.15) is 11.5 Å². The van der Waals surface area contributed by atoms with Crippen LogP contribution in [0, 0.1) is 13.8 Å². The molecule has 0 unspecified atom stereocenters. The molecule has 0 aliphatic heterocycles. The number of nitrogens with zero attached hydrogens (tertiary/aromatic N) is 1. The van der Waals surface area contributed by atoms with Gasteiger partial charge in [-0.25, -0.2) is 5.43 Å². The molecule has 0 spiro atoms. The van der Waals surface area contributed by atoms with Gasteiger partial charge in [0.2, 0.25) is 0 Å². The second-order valence-corrected chi connectivity index (χ2v) is 5.61. The van der Waals surface area contributed by atoms with Crippen molar-refractivity contribution in [3.8, 4) is 11.5 Å². The van der Waals surface area contributed by atoms with Crippen molar-refractivity contribution in [1.29, 1.82) is 0 Å². The van der Waals surface area contributed by atoms with Crippen LogP contribution in [0.1, 0.15) is 23.6 Å². The Balaban J connectivity index is 1.94. The number of hydrogen-bond acceptors (Lipinski definition) is 5. The minimum absolute atomic E-state index is 0.0363. The number of aryl methyl sites for hydroxylation is 2. The highest BCUT2D eigenvalue weighted by Gasteiger charge is 2.07. The zero-order valence-electron chi connectivity index (χ0n) is 13.9. The largest absolute Gasteiger partial charge is 0.508 e. The molecule has 24 heavy (non-hydrogen) atoms. The Morgan fingerprint density at radius 1 is 1.12 bits per heavy atom. The maximum absolute atomic E-state index is 11.9. The molecule has 1 amide bonds. The van der Waals surface area contributed by atoms with E-state index < -0.39 is 0 Å². The van der Waals surface area contributed by atoms with Crippen LogP contribution in [0.5, 0.6) is 11.5 Å². The summed E-state index contributed by atoms with van der Waals surface area (Å²) < 4.78 is 0. The van der Waals surface area contributed by atoms with Crippen molar-refractivity contribution in [2.45, 2.75) is 20.8 Å². The van der Waals surface area contributed by atoms with Gasteiger partial charge in [-0.05, 0) is 44.5 Å². The number of phenols is 2. The van der Waals surface area contributed by atoms with Gasteiger partial charge in [0, 0.05) is 17.3 Å². The van der Waals surface area contributed by atoms with E-state index in [4.69, 9.17) is 0 Å². The number of phenolic OH excluding ortho intramolecular Hbond substituents is 2. The number of nitrogens with one attached hydrogen (secondary N) is 2. The van der Waals surface area contributed by atoms with E-state index in [2.05, 4.69) is 15.8 Å².